The van der Waals surface area contributed by atoms with E-state index in [2.05, 4.69) is 19.3 Å². The van der Waals surface area contributed by atoms with Crippen molar-refractivity contribution in [2.75, 3.05) is 13.2 Å². The Kier molecular flexibility index (Phi) is 6.92. The van der Waals surface area contributed by atoms with Gasteiger partial charge in [-0.25, -0.2) is 5.84 Å². The average molecular weight is 266 g/mol. The van der Waals surface area contributed by atoms with Gasteiger partial charge in [0.25, 0.3) is 5.91 Å². The predicted octanol–water partition coefficient (Wildman–Crippen LogP) is 1.87. The Morgan fingerprint density at radius 1 is 1.32 bits per heavy atom. The van der Waals surface area contributed by atoms with Gasteiger partial charge in [-0.15, -0.1) is 0 Å². The molecule has 0 bridgehead atoms. The van der Waals surface area contributed by atoms with Crippen molar-refractivity contribution in [1.29, 1.82) is 0 Å². The van der Waals surface area contributed by atoms with Crippen molar-refractivity contribution < 1.29 is 14.3 Å². The minimum atomic E-state index is -0.316. The summed E-state index contributed by atoms with van der Waals surface area (Å²) >= 11 is 0. The van der Waals surface area contributed by atoms with Crippen LogP contribution in [0.2, 0.25) is 0 Å². The van der Waals surface area contributed by atoms with E-state index in [1.54, 1.807) is 24.3 Å². The lowest BCUT2D eigenvalue weighted by atomic mass is 10.2. The Morgan fingerprint density at radius 2 is 2.00 bits per heavy atom. The summed E-state index contributed by atoms with van der Waals surface area (Å²) in [6, 6.07) is 6.80. The molecule has 1 atom stereocenters. The van der Waals surface area contributed by atoms with E-state index in [9.17, 15) is 4.79 Å². The first kappa shape index (κ1) is 15.5. The largest absolute Gasteiger partial charge is 0.491 e. The highest BCUT2D eigenvalue weighted by Gasteiger charge is 2.03. The molecule has 1 aromatic carbocycles. The van der Waals surface area contributed by atoms with Crippen LogP contribution < -0.4 is 16.0 Å². The number of nitrogens with one attached hydrogen (secondary N) is 1. The summed E-state index contributed by atoms with van der Waals surface area (Å²) in [5.74, 6) is 5.44. The third-order valence-electron chi connectivity index (χ3n) is 2.70. The number of hydrogen-bond donors (Lipinski definition) is 2. The van der Waals surface area contributed by atoms with E-state index in [4.69, 9.17) is 15.3 Å². The molecule has 0 saturated heterocycles. The maximum atomic E-state index is 11.2. The highest BCUT2D eigenvalue weighted by atomic mass is 16.5. The number of carbonyl (C=O) groups excluding carboxylic acids is 1. The molecule has 3 N–H and O–H groups in total. The zero-order chi connectivity index (χ0) is 14.1. The van der Waals surface area contributed by atoms with Gasteiger partial charge in [0.15, 0.2) is 0 Å². The molecule has 0 radical (unpaired) electrons. The first-order valence-electron chi connectivity index (χ1n) is 6.52. The minimum Gasteiger partial charge on any atom is -0.491 e. The van der Waals surface area contributed by atoms with E-state index in [0.717, 1.165) is 12.8 Å². The number of rotatable bonds is 8. The zero-order valence-corrected chi connectivity index (χ0v) is 11.5. The average Bonchev–Trinajstić information content (AvgIpc) is 2.44. The van der Waals surface area contributed by atoms with E-state index < -0.39 is 0 Å². The molecule has 0 aliphatic rings. The molecule has 1 aromatic rings. The Balaban J connectivity index is 2.28. The van der Waals surface area contributed by atoms with Crippen LogP contribution in [-0.4, -0.2) is 25.2 Å². The topological polar surface area (TPSA) is 73.6 Å². The van der Waals surface area contributed by atoms with Crippen molar-refractivity contribution in [3.8, 4) is 5.75 Å². The smallest absolute Gasteiger partial charge is 0.265 e. The highest BCUT2D eigenvalue weighted by molar-refractivity contribution is 5.93. The van der Waals surface area contributed by atoms with Gasteiger partial charge in [0.2, 0.25) is 0 Å². The first-order valence-corrected chi connectivity index (χ1v) is 6.52. The lowest BCUT2D eigenvalue weighted by Gasteiger charge is -2.12. The molecule has 0 spiro atoms. The van der Waals surface area contributed by atoms with Crippen molar-refractivity contribution in [1.82, 2.24) is 5.43 Å². The summed E-state index contributed by atoms with van der Waals surface area (Å²) in [5.41, 5.74) is 2.58. The molecule has 0 aromatic heterocycles. The number of amides is 1. The van der Waals surface area contributed by atoms with Gasteiger partial charge in [0.1, 0.15) is 12.4 Å². The Morgan fingerprint density at radius 3 is 2.58 bits per heavy atom. The van der Waals surface area contributed by atoms with E-state index in [1.165, 1.54) is 0 Å². The Hall–Kier alpha value is -1.59. The van der Waals surface area contributed by atoms with E-state index in [-0.39, 0.29) is 12.0 Å². The van der Waals surface area contributed by atoms with Gasteiger partial charge in [-0.1, -0.05) is 13.3 Å². The molecule has 5 heteroatoms. The van der Waals surface area contributed by atoms with Crippen molar-refractivity contribution >= 4 is 5.91 Å². The van der Waals surface area contributed by atoms with Gasteiger partial charge in [0.05, 0.1) is 12.7 Å². The Labute approximate surface area is 114 Å². The molecular weight excluding hydrogens is 244 g/mol. The van der Waals surface area contributed by atoms with Crippen LogP contribution in [-0.2, 0) is 4.74 Å². The third-order valence-corrected chi connectivity index (χ3v) is 2.70. The summed E-state index contributed by atoms with van der Waals surface area (Å²) in [7, 11) is 0. The number of carbonyl (C=O) groups is 1. The molecule has 0 fully saturated rings. The first-order chi connectivity index (χ1) is 9.17. The number of nitrogens with two attached hydrogens (primary N) is 1. The molecule has 106 valence electrons. The van der Waals surface area contributed by atoms with Crippen LogP contribution in [0.1, 0.15) is 37.0 Å². The number of hydrogen-bond acceptors (Lipinski definition) is 4. The number of hydrazine groups is 1. The van der Waals surface area contributed by atoms with E-state index in [0.29, 0.717) is 24.5 Å². The van der Waals surface area contributed by atoms with Crippen LogP contribution in [0.3, 0.4) is 0 Å². The van der Waals surface area contributed by atoms with E-state index in [1.807, 2.05) is 0 Å². The lowest BCUT2D eigenvalue weighted by Crippen LogP contribution is -2.29. The van der Waals surface area contributed by atoms with Crippen LogP contribution in [0.15, 0.2) is 24.3 Å². The standard InChI is InChI=1S/C14H22N2O3/c1-3-4-11(2)18-9-10-19-13-7-5-12(6-8-13)14(17)16-15/h5-8,11H,3-4,9-10,15H2,1-2H3,(H,16,17). The second-order valence-corrected chi connectivity index (χ2v) is 4.32. The molecule has 0 heterocycles. The second-order valence-electron chi connectivity index (χ2n) is 4.32. The molecule has 19 heavy (non-hydrogen) atoms. The molecule has 0 aliphatic carbocycles. The monoisotopic (exact) mass is 266 g/mol. The van der Waals surface area contributed by atoms with Crippen LogP contribution >= 0.6 is 0 Å². The summed E-state index contributed by atoms with van der Waals surface area (Å²) in [6.45, 7) is 5.25. The molecule has 1 rings (SSSR count). The molecule has 1 unspecified atom stereocenters. The molecule has 1 amide bonds. The number of benzene rings is 1. The summed E-state index contributed by atoms with van der Waals surface area (Å²) < 4.78 is 11.1. The SMILES string of the molecule is CCCC(C)OCCOc1ccc(C(=O)NN)cc1. The zero-order valence-electron chi connectivity index (χ0n) is 11.5. The van der Waals surface area contributed by atoms with Crippen LogP contribution in [0.5, 0.6) is 5.75 Å². The van der Waals surface area contributed by atoms with Crippen LogP contribution in [0.25, 0.3) is 0 Å². The van der Waals surface area contributed by atoms with Gasteiger partial charge in [-0.2, -0.15) is 0 Å². The maximum absolute atomic E-state index is 11.2. The van der Waals surface area contributed by atoms with Gasteiger partial charge in [-0.3, -0.25) is 10.2 Å². The summed E-state index contributed by atoms with van der Waals surface area (Å²) in [6.07, 6.45) is 2.44. The maximum Gasteiger partial charge on any atom is 0.265 e. The quantitative estimate of drug-likeness (QED) is 0.326. The van der Waals surface area contributed by atoms with Gasteiger partial charge < -0.3 is 9.47 Å². The fraction of sp³-hybridized carbons (Fsp3) is 0.500. The number of ether oxygens (including phenoxy) is 2. The third kappa shape index (κ3) is 5.72. The summed E-state index contributed by atoms with van der Waals surface area (Å²) in [5, 5.41) is 0. The fourth-order valence-corrected chi connectivity index (χ4v) is 1.68. The van der Waals surface area contributed by atoms with Crippen molar-refractivity contribution in [3.63, 3.8) is 0 Å². The van der Waals surface area contributed by atoms with Gasteiger partial charge in [-0.05, 0) is 37.6 Å². The van der Waals surface area contributed by atoms with Gasteiger partial charge >= 0.3 is 0 Å². The normalized spacial score (nSPS) is 11.9. The number of nitrogen functional groups attached to an aromatic ring is 1. The molecular formula is C14H22N2O3. The summed E-state index contributed by atoms with van der Waals surface area (Å²) in [4.78, 5) is 11.2. The molecule has 5 nitrogen and oxygen atoms in total. The van der Waals surface area contributed by atoms with Gasteiger partial charge in [0, 0.05) is 5.56 Å². The molecule has 0 aliphatic heterocycles. The molecule has 0 saturated carbocycles. The predicted molar refractivity (Wildman–Crippen MR) is 73.9 cm³/mol. The second kappa shape index (κ2) is 8.50. The van der Waals surface area contributed by atoms with Crippen LogP contribution in [0, 0.1) is 0 Å². The van der Waals surface area contributed by atoms with E-state index >= 15 is 0 Å². The Bertz CT molecular complexity index is 379. The van der Waals surface area contributed by atoms with Crippen molar-refractivity contribution in [2.24, 2.45) is 5.84 Å². The van der Waals surface area contributed by atoms with Crippen LogP contribution in [0.4, 0.5) is 0 Å². The fourth-order valence-electron chi connectivity index (χ4n) is 1.68. The minimum absolute atomic E-state index is 0.268. The lowest BCUT2D eigenvalue weighted by molar-refractivity contribution is 0.0395. The van der Waals surface area contributed by atoms with Crippen molar-refractivity contribution in [3.05, 3.63) is 29.8 Å². The highest BCUT2D eigenvalue weighted by Crippen LogP contribution is 2.12. The van der Waals surface area contributed by atoms with Crippen molar-refractivity contribution in [2.45, 2.75) is 32.8 Å².